The van der Waals surface area contributed by atoms with E-state index in [9.17, 15) is 25.9 Å². The molecule has 2 heterocycles. The Morgan fingerprint density at radius 2 is 0.658 bits per heavy atom. The molecule has 0 fully saturated rings. The molecule has 38 heavy (non-hydrogen) atoms. The first-order valence-electron chi connectivity index (χ1n) is 11.2. The van der Waals surface area contributed by atoms with E-state index in [1.165, 1.54) is 0 Å². The summed E-state index contributed by atoms with van der Waals surface area (Å²) in [4.78, 5) is 12.5. The molecule has 10 nitrogen and oxygen atoms in total. The van der Waals surface area contributed by atoms with Gasteiger partial charge in [-0.2, -0.15) is 16.8 Å². The maximum atomic E-state index is 11.8. The number of rotatable bonds is 4. The Morgan fingerprint density at radius 3 is 0.895 bits per heavy atom. The van der Waals surface area contributed by atoms with E-state index in [2.05, 4.69) is 20.0 Å². The normalized spacial score (nSPS) is 16.3. The van der Waals surface area contributed by atoms with Crippen molar-refractivity contribution in [2.45, 2.75) is 9.99 Å². The first-order valence-corrected chi connectivity index (χ1v) is 14.1. The van der Waals surface area contributed by atoms with Gasteiger partial charge in [-0.25, -0.2) is 20.0 Å². The zero-order valence-corrected chi connectivity index (χ0v) is 21.2. The summed E-state index contributed by atoms with van der Waals surface area (Å²) in [6.07, 6.45) is 0. The summed E-state index contributed by atoms with van der Waals surface area (Å²) in [6, 6.07) is 30.1. The van der Waals surface area contributed by atoms with E-state index >= 15 is 0 Å². The summed E-state index contributed by atoms with van der Waals surface area (Å²) in [6.45, 7) is 0. The van der Waals surface area contributed by atoms with Gasteiger partial charge in [0.1, 0.15) is 0 Å². The lowest BCUT2D eigenvalue weighted by Gasteiger charge is -2.19. The predicted molar refractivity (Wildman–Crippen MR) is 137 cm³/mol. The molecule has 4 aromatic carbocycles. The molecule has 4 aromatic rings. The molecule has 0 aliphatic carbocycles. The minimum Gasteiger partial charge on any atom is -0.282 e. The highest BCUT2D eigenvalue weighted by Gasteiger charge is 2.47. The summed E-state index contributed by atoms with van der Waals surface area (Å²) in [5.41, 5.74) is 0.627. The first kappa shape index (κ1) is 25.5. The van der Waals surface area contributed by atoms with Crippen molar-refractivity contribution < 1.29 is 25.9 Å². The molecular formula is C26H20N4O6S2. The predicted octanol–water partition coefficient (Wildman–Crippen LogP) is 1.28. The van der Waals surface area contributed by atoms with Gasteiger partial charge in [0.25, 0.3) is 0 Å². The molecule has 0 amide bonds. The van der Waals surface area contributed by atoms with Gasteiger partial charge in [-0.15, -0.1) is 0 Å². The molecule has 0 saturated heterocycles. The number of hydrogen-bond acceptors (Lipinski definition) is 8. The summed E-state index contributed by atoms with van der Waals surface area (Å²) in [5.74, 6) is 0. The highest BCUT2D eigenvalue weighted by Crippen LogP contribution is 2.34. The molecule has 0 unspecified atom stereocenters. The lowest BCUT2D eigenvalue weighted by molar-refractivity contribution is 0.432. The first-order chi connectivity index (χ1) is 18.1. The van der Waals surface area contributed by atoms with Crippen LogP contribution in [0.5, 0.6) is 0 Å². The topological polar surface area (TPSA) is 158 Å². The van der Waals surface area contributed by atoms with Crippen molar-refractivity contribution in [3.05, 3.63) is 142 Å². The maximum Gasteiger partial charge on any atom is 0.317 e. The third-order valence-electron chi connectivity index (χ3n) is 5.87. The van der Waals surface area contributed by atoms with Crippen molar-refractivity contribution in [1.29, 1.82) is 0 Å². The van der Waals surface area contributed by atoms with Crippen LogP contribution < -0.4 is 21.4 Å². The molecular weight excluding hydrogens is 528 g/mol. The number of benzene rings is 4. The second-order valence-electron chi connectivity index (χ2n) is 8.32. The number of para-hydroxylation sites is 4. The van der Waals surface area contributed by atoms with Crippen LogP contribution in [0.2, 0.25) is 0 Å². The van der Waals surface area contributed by atoms with E-state index in [-0.39, 0.29) is 0 Å². The fourth-order valence-electron chi connectivity index (χ4n) is 4.11. The van der Waals surface area contributed by atoms with Crippen LogP contribution in [0.25, 0.3) is 0 Å². The minimum absolute atomic E-state index is 0.314. The van der Waals surface area contributed by atoms with Crippen LogP contribution in [0.4, 0.5) is 0 Å². The minimum atomic E-state index is -4.52. The molecule has 12 heteroatoms. The standard InChI is InChI=1S/2C13H10N2O3S/c2*16-19(17,18)13(10-6-2-1-3-7-10)14-11-8-4-5-9-12(11)15-13/h2*1-9H,(H,16,17,18). The van der Waals surface area contributed by atoms with Crippen molar-refractivity contribution in [2.75, 3.05) is 0 Å². The van der Waals surface area contributed by atoms with Crippen molar-refractivity contribution in [2.24, 2.45) is 20.0 Å². The van der Waals surface area contributed by atoms with Gasteiger partial charge >= 0.3 is 30.2 Å². The van der Waals surface area contributed by atoms with Crippen LogP contribution in [0.15, 0.2) is 129 Å². The second kappa shape index (κ2) is 9.33. The van der Waals surface area contributed by atoms with E-state index < -0.39 is 30.2 Å². The Balaban J connectivity index is 0.000000155. The van der Waals surface area contributed by atoms with Gasteiger partial charge < -0.3 is 0 Å². The van der Waals surface area contributed by atoms with Gasteiger partial charge in [-0.3, -0.25) is 9.11 Å². The molecule has 0 saturated carbocycles. The lowest BCUT2D eigenvalue weighted by atomic mass is 10.2. The summed E-state index contributed by atoms with van der Waals surface area (Å²) in [5, 5.41) is 1.79. The van der Waals surface area contributed by atoms with Crippen molar-refractivity contribution >= 4 is 20.2 Å². The van der Waals surface area contributed by atoms with Gasteiger partial charge in [0.15, 0.2) is 0 Å². The fourth-order valence-corrected chi connectivity index (χ4v) is 5.83. The molecule has 6 rings (SSSR count). The highest BCUT2D eigenvalue weighted by atomic mass is 32.2. The molecule has 2 N–H and O–H groups in total. The van der Waals surface area contributed by atoms with Gasteiger partial charge in [-0.05, 0) is 24.3 Å². The fraction of sp³-hybridized carbons (Fsp3) is 0.0769. The Morgan fingerprint density at radius 1 is 0.421 bits per heavy atom. The number of nitrogens with zero attached hydrogens (tertiary/aromatic N) is 4. The van der Waals surface area contributed by atoms with Crippen LogP contribution in [0, 0.1) is 0 Å². The number of fused-ring (bicyclic) bond motifs is 2. The lowest BCUT2D eigenvalue weighted by Crippen LogP contribution is -2.31. The van der Waals surface area contributed by atoms with E-state index in [1.54, 1.807) is 109 Å². The molecule has 0 radical (unpaired) electrons. The zero-order chi connectivity index (χ0) is 27.0. The van der Waals surface area contributed by atoms with Gasteiger partial charge in [0, 0.05) is 11.1 Å². The van der Waals surface area contributed by atoms with Crippen LogP contribution >= 0.6 is 0 Å². The van der Waals surface area contributed by atoms with Gasteiger partial charge in [-0.1, -0.05) is 84.9 Å². The largest absolute Gasteiger partial charge is 0.317 e. The monoisotopic (exact) mass is 548 g/mol. The summed E-state index contributed by atoms with van der Waals surface area (Å²) < 4.78 is 66.3. The third kappa shape index (κ3) is 4.33. The Kier molecular flexibility index (Phi) is 6.27. The molecule has 2 aliphatic rings. The average Bonchev–Trinajstić information content (AvgIpc) is 3.51. The zero-order valence-electron chi connectivity index (χ0n) is 19.5. The molecule has 192 valence electrons. The van der Waals surface area contributed by atoms with E-state index in [0.29, 0.717) is 32.6 Å². The Hall–Kier alpha value is -4.10. The van der Waals surface area contributed by atoms with E-state index in [4.69, 9.17) is 0 Å². The van der Waals surface area contributed by atoms with Crippen LogP contribution in [0.1, 0.15) is 11.1 Å². The summed E-state index contributed by atoms with van der Waals surface area (Å²) in [7, 11) is -9.04. The molecule has 0 atom stereocenters. The maximum absolute atomic E-state index is 11.8. The second-order valence-corrected chi connectivity index (χ2v) is 11.4. The Labute approximate surface area is 217 Å². The van der Waals surface area contributed by atoms with Crippen molar-refractivity contribution in [1.82, 2.24) is 0 Å². The Bertz CT molecular complexity index is 1770. The van der Waals surface area contributed by atoms with Crippen LogP contribution in [0.3, 0.4) is 0 Å². The van der Waals surface area contributed by atoms with Crippen LogP contribution in [-0.4, -0.2) is 25.9 Å². The van der Waals surface area contributed by atoms with Crippen molar-refractivity contribution in [3.63, 3.8) is 0 Å². The molecule has 0 spiro atoms. The highest BCUT2D eigenvalue weighted by molar-refractivity contribution is 7.87. The summed E-state index contributed by atoms with van der Waals surface area (Å²) >= 11 is 0. The molecule has 0 bridgehead atoms. The van der Waals surface area contributed by atoms with Crippen molar-refractivity contribution in [3.8, 4) is 0 Å². The SMILES string of the molecule is O=S(=O)(O)C1(c2ccccc2)N=c2ccccc2=N1.O=S(=O)(O)C1(c2ccccc2)N=c2ccccc2=N1. The molecule has 0 aromatic heterocycles. The van der Waals surface area contributed by atoms with Gasteiger partial charge in [0.05, 0.1) is 21.4 Å². The number of hydrogen-bond donors (Lipinski definition) is 2. The van der Waals surface area contributed by atoms with E-state index in [1.807, 2.05) is 0 Å². The third-order valence-corrected chi connectivity index (χ3v) is 8.15. The van der Waals surface area contributed by atoms with E-state index in [0.717, 1.165) is 0 Å². The van der Waals surface area contributed by atoms with Crippen LogP contribution in [-0.2, 0) is 30.2 Å². The molecule has 2 aliphatic heterocycles. The van der Waals surface area contributed by atoms with Gasteiger partial charge in [0.2, 0.25) is 0 Å². The quantitative estimate of drug-likeness (QED) is 0.366. The average molecular weight is 549 g/mol. The smallest absolute Gasteiger partial charge is 0.282 e.